The summed E-state index contributed by atoms with van der Waals surface area (Å²) in [5.41, 5.74) is 0.711. The van der Waals surface area contributed by atoms with E-state index in [9.17, 15) is 13.2 Å². The lowest BCUT2D eigenvalue weighted by atomic mass is 10.3. The van der Waals surface area contributed by atoms with Gasteiger partial charge in [-0.15, -0.1) is 4.40 Å². The molecule has 6 nitrogen and oxygen atoms in total. The average molecular weight is 397 g/mol. The number of thiazole rings is 1. The molecule has 3 rings (SSSR count). The van der Waals surface area contributed by atoms with Crippen LogP contribution in [-0.4, -0.2) is 26.1 Å². The van der Waals surface area contributed by atoms with Crippen molar-refractivity contribution in [2.45, 2.75) is 11.4 Å². The van der Waals surface area contributed by atoms with Gasteiger partial charge in [-0.3, -0.25) is 4.79 Å². The van der Waals surface area contributed by atoms with Crippen LogP contribution in [0.15, 0.2) is 57.8 Å². The smallest absolute Gasteiger partial charge is 0.325 e. The van der Waals surface area contributed by atoms with Crippen LogP contribution in [0, 0.1) is 0 Å². The van der Waals surface area contributed by atoms with Crippen molar-refractivity contribution in [2.24, 2.45) is 4.40 Å². The summed E-state index contributed by atoms with van der Waals surface area (Å²) >= 11 is 6.98. The van der Waals surface area contributed by atoms with Gasteiger partial charge >= 0.3 is 5.97 Å². The quantitative estimate of drug-likeness (QED) is 0.635. The molecule has 1 aromatic heterocycles. The minimum absolute atomic E-state index is 0.0268. The first-order chi connectivity index (χ1) is 11.9. The molecular weight excluding hydrogens is 384 g/mol. The fourth-order valence-electron chi connectivity index (χ4n) is 2.20. The molecule has 25 heavy (non-hydrogen) atoms. The maximum atomic E-state index is 12.6. The lowest BCUT2D eigenvalue weighted by Crippen LogP contribution is -2.22. The van der Waals surface area contributed by atoms with Crippen LogP contribution in [0.3, 0.4) is 0 Å². The van der Waals surface area contributed by atoms with E-state index in [1.807, 2.05) is 12.1 Å². The van der Waals surface area contributed by atoms with Gasteiger partial charge in [-0.25, -0.2) is 0 Å². The van der Waals surface area contributed by atoms with Crippen LogP contribution in [0.2, 0.25) is 5.02 Å². The van der Waals surface area contributed by atoms with Gasteiger partial charge < -0.3 is 9.30 Å². The minimum Gasteiger partial charge on any atom is -0.468 e. The number of aromatic nitrogens is 1. The molecular formula is C16H13ClN2O4S2. The molecule has 2 aromatic carbocycles. The number of carbonyl (C=O) groups excluding carboxylic acids is 1. The fourth-order valence-corrected chi connectivity index (χ4v) is 4.56. The Morgan fingerprint density at radius 2 is 1.88 bits per heavy atom. The topological polar surface area (TPSA) is 77.7 Å². The summed E-state index contributed by atoms with van der Waals surface area (Å²) in [5.74, 6) is -0.492. The van der Waals surface area contributed by atoms with Gasteiger partial charge in [-0.1, -0.05) is 35.1 Å². The van der Waals surface area contributed by atoms with Crippen LogP contribution < -0.4 is 4.80 Å². The van der Waals surface area contributed by atoms with E-state index in [4.69, 9.17) is 16.3 Å². The van der Waals surface area contributed by atoms with E-state index in [1.54, 1.807) is 12.1 Å². The normalized spacial score (nSPS) is 12.5. The van der Waals surface area contributed by atoms with Crippen molar-refractivity contribution in [3.63, 3.8) is 0 Å². The van der Waals surface area contributed by atoms with Gasteiger partial charge in [0.15, 0.2) is 0 Å². The van der Waals surface area contributed by atoms with Gasteiger partial charge in [0.25, 0.3) is 10.0 Å². The summed E-state index contributed by atoms with van der Waals surface area (Å²) in [5, 5.41) is 0.432. The Balaban J connectivity index is 2.19. The lowest BCUT2D eigenvalue weighted by Gasteiger charge is -2.04. The third kappa shape index (κ3) is 3.76. The zero-order valence-electron chi connectivity index (χ0n) is 13.0. The van der Waals surface area contributed by atoms with Crippen LogP contribution in [0.5, 0.6) is 0 Å². The molecule has 0 aliphatic rings. The molecule has 0 amide bonds. The van der Waals surface area contributed by atoms with Crippen LogP contribution in [0.25, 0.3) is 10.2 Å². The number of carbonyl (C=O) groups is 1. The number of sulfonamides is 1. The van der Waals surface area contributed by atoms with E-state index < -0.39 is 16.0 Å². The zero-order chi connectivity index (χ0) is 18.0. The van der Waals surface area contributed by atoms with Crippen LogP contribution >= 0.6 is 22.9 Å². The third-order valence-electron chi connectivity index (χ3n) is 3.41. The van der Waals surface area contributed by atoms with Crippen LogP contribution in [0.1, 0.15) is 0 Å². The van der Waals surface area contributed by atoms with E-state index >= 15 is 0 Å². The molecule has 0 atom stereocenters. The Morgan fingerprint density at radius 3 is 2.56 bits per heavy atom. The molecule has 0 fully saturated rings. The molecule has 1 heterocycles. The summed E-state index contributed by atoms with van der Waals surface area (Å²) in [6.45, 7) is -0.129. The minimum atomic E-state index is -3.94. The largest absolute Gasteiger partial charge is 0.468 e. The summed E-state index contributed by atoms with van der Waals surface area (Å²) in [4.78, 5) is 11.9. The predicted octanol–water partition coefficient (Wildman–Crippen LogP) is 2.82. The molecule has 3 aromatic rings. The Morgan fingerprint density at radius 1 is 1.20 bits per heavy atom. The van der Waals surface area contributed by atoms with Crippen molar-refractivity contribution in [1.82, 2.24) is 4.57 Å². The second kappa shape index (κ2) is 6.99. The number of nitrogens with zero attached hydrogens (tertiary/aromatic N) is 2. The average Bonchev–Trinajstić information content (AvgIpc) is 2.92. The Hall–Kier alpha value is -2.16. The van der Waals surface area contributed by atoms with Gasteiger partial charge in [0.2, 0.25) is 4.80 Å². The zero-order valence-corrected chi connectivity index (χ0v) is 15.4. The summed E-state index contributed by atoms with van der Waals surface area (Å²) in [6, 6.07) is 13.0. The van der Waals surface area contributed by atoms with Crippen molar-refractivity contribution < 1.29 is 17.9 Å². The second-order valence-electron chi connectivity index (χ2n) is 5.03. The number of fused-ring (bicyclic) bond motifs is 1. The number of esters is 1. The fraction of sp³-hybridized carbons (Fsp3) is 0.125. The van der Waals surface area contributed by atoms with Crippen molar-refractivity contribution >= 4 is 49.1 Å². The summed E-state index contributed by atoms with van der Waals surface area (Å²) in [6.07, 6.45) is 0. The van der Waals surface area contributed by atoms with E-state index in [0.29, 0.717) is 10.5 Å². The second-order valence-corrected chi connectivity index (χ2v) is 8.08. The summed E-state index contributed by atoms with van der Waals surface area (Å²) in [7, 11) is -2.66. The molecule has 130 valence electrons. The van der Waals surface area contributed by atoms with Crippen LogP contribution in [-0.2, 0) is 26.1 Å². The highest BCUT2D eigenvalue weighted by molar-refractivity contribution is 7.90. The third-order valence-corrected chi connectivity index (χ3v) is 6.12. The first-order valence-corrected chi connectivity index (χ1v) is 9.76. The van der Waals surface area contributed by atoms with Crippen molar-refractivity contribution in [3.05, 3.63) is 58.4 Å². The molecule has 0 aliphatic carbocycles. The molecule has 0 radical (unpaired) electrons. The van der Waals surface area contributed by atoms with E-state index in [0.717, 1.165) is 4.70 Å². The van der Waals surface area contributed by atoms with Gasteiger partial charge in [0, 0.05) is 5.02 Å². The maximum Gasteiger partial charge on any atom is 0.325 e. The highest BCUT2D eigenvalue weighted by Crippen LogP contribution is 2.19. The van der Waals surface area contributed by atoms with Gasteiger partial charge in [0.05, 0.1) is 22.2 Å². The first-order valence-electron chi connectivity index (χ1n) is 7.12. The molecule has 0 unspecified atom stereocenters. The molecule has 9 heteroatoms. The highest BCUT2D eigenvalue weighted by Gasteiger charge is 2.16. The number of benzene rings is 2. The van der Waals surface area contributed by atoms with Crippen molar-refractivity contribution in [3.8, 4) is 0 Å². The lowest BCUT2D eigenvalue weighted by molar-refractivity contribution is -0.141. The first kappa shape index (κ1) is 17.7. The molecule has 0 bridgehead atoms. The predicted molar refractivity (Wildman–Crippen MR) is 96.0 cm³/mol. The van der Waals surface area contributed by atoms with Crippen molar-refractivity contribution in [2.75, 3.05) is 7.11 Å². The van der Waals surface area contributed by atoms with Crippen molar-refractivity contribution in [1.29, 1.82) is 0 Å². The van der Waals surface area contributed by atoms with E-state index in [2.05, 4.69) is 4.40 Å². The monoisotopic (exact) mass is 396 g/mol. The van der Waals surface area contributed by atoms with Crippen LogP contribution in [0.4, 0.5) is 0 Å². The Labute approximate surface area is 153 Å². The number of hydrogen-bond acceptors (Lipinski definition) is 5. The molecule has 0 N–H and O–H groups in total. The number of halogens is 1. The Bertz CT molecular complexity index is 1100. The van der Waals surface area contributed by atoms with Gasteiger partial charge in [-0.2, -0.15) is 8.42 Å². The number of rotatable bonds is 4. The van der Waals surface area contributed by atoms with E-state index in [1.165, 1.54) is 47.3 Å². The highest BCUT2D eigenvalue weighted by atomic mass is 35.5. The number of para-hydroxylation sites is 1. The molecule has 0 saturated heterocycles. The maximum absolute atomic E-state index is 12.6. The van der Waals surface area contributed by atoms with E-state index in [-0.39, 0.29) is 16.2 Å². The molecule has 0 saturated carbocycles. The Kier molecular flexibility index (Phi) is 4.94. The number of ether oxygens (including phenoxy) is 1. The molecule has 0 spiro atoms. The SMILES string of the molecule is COC(=O)Cn1c(=NS(=O)(=O)c2ccc(Cl)cc2)sc2ccccc21. The number of hydrogen-bond donors (Lipinski definition) is 0. The summed E-state index contributed by atoms with van der Waals surface area (Å²) < 4.78 is 36.1. The van der Waals surface area contributed by atoms with Gasteiger partial charge in [-0.05, 0) is 36.4 Å². The standard InChI is InChI=1S/C16H13ClN2O4S2/c1-23-15(20)10-19-13-4-2-3-5-14(13)24-16(19)18-25(21,22)12-8-6-11(17)7-9-12/h2-9H,10H2,1H3. The van der Waals surface area contributed by atoms with Gasteiger partial charge in [0.1, 0.15) is 6.54 Å². The number of methoxy groups -OCH3 is 1. The molecule has 0 aliphatic heterocycles.